The lowest BCUT2D eigenvalue weighted by Crippen LogP contribution is -2.41. The molecule has 1 aromatic heterocycles. The number of hydrogen-bond donors (Lipinski definition) is 2. The quantitative estimate of drug-likeness (QED) is 0.502. The highest BCUT2D eigenvalue weighted by molar-refractivity contribution is 8.00. The third-order valence-corrected chi connectivity index (χ3v) is 6.07. The summed E-state index contributed by atoms with van der Waals surface area (Å²) in [5.41, 5.74) is 8.90. The van der Waals surface area contributed by atoms with E-state index in [9.17, 15) is 9.59 Å². The number of hydrazine groups is 1. The molecule has 0 bridgehead atoms. The van der Waals surface area contributed by atoms with E-state index >= 15 is 0 Å². The molecule has 0 saturated carbocycles. The fourth-order valence-electron chi connectivity index (χ4n) is 2.38. The summed E-state index contributed by atoms with van der Waals surface area (Å²) in [6.07, 6.45) is 0. The second kappa shape index (κ2) is 8.83. The van der Waals surface area contributed by atoms with E-state index in [1.807, 2.05) is 43.5 Å². The van der Waals surface area contributed by atoms with Crippen LogP contribution in [0.4, 0.5) is 0 Å². The van der Waals surface area contributed by atoms with Crippen molar-refractivity contribution in [3.05, 3.63) is 81.9 Å². The lowest BCUT2D eigenvalue weighted by molar-refractivity contribution is 0.0846. The van der Waals surface area contributed by atoms with Crippen molar-refractivity contribution in [3.63, 3.8) is 0 Å². The molecule has 3 aromatic rings. The summed E-state index contributed by atoms with van der Waals surface area (Å²) in [4.78, 5) is 28.8. The van der Waals surface area contributed by atoms with Gasteiger partial charge in [-0.05, 0) is 43.2 Å². The van der Waals surface area contributed by atoms with Gasteiger partial charge < -0.3 is 0 Å². The third kappa shape index (κ3) is 5.18. The largest absolute Gasteiger partial charge is 0.269 e. The minimum Gasteiger partial charge on any atom is -0.267 e. The number of nitrogens with one attached hydrogen (secondary N) is 2. The summed E-state index contributed by atoms with van der Waals surface area (Å²) in [6, 6.07) is 14.5. The Morgan fingerprint density at radius 3 is 2.37 bits per heavy atom. The Morgan fingerprint density at radius 1 is 1.00 bits per heavy atom. The van der Waals surface area contributed by atoms with Crippen molar-refractivity contribution >= 4 is 34.9 Å². The lowest BCUT2D eigenvalue weighted by atomic mass is 10.1. The van der Waals surface area contributed by atoms with E-state index in [1.165, 1.54) is 0 Å². The number of thiazole rings is 1. The highest BCUT2D eigenvalue weighted by atomic mass is 32.2. The van der Waals surface area contributed by atoms with Crippen LogP contribution in [0.1, 0.15) is 37.5 Å². The second-order valence-corrected chi connectivity index (χ2v) is 8.04. The van der Waals surface area contributed by atoms with Crippen molar-refractivity contribution in [1.82, 2.24) is 15.8 Å². The first-order valence-electron chi connectivity index (χ1n) is 8.33. The topological polar surface area (TPSA) is 71.1 Å². The van der Waals surface area contributed by atoms with Gasteiger partial charge in [-0.1, -0.05) is 42.1 Å². The molecule has 27 heavy (non-hydrogen) atoms. The summed E-state index contributed by atoms with van der Waals surface area (Å²) >= 11 is 3.30. The van der Waals surface area contributed by atoms with Gasteiger partial charge in [0.25, 0.3) is 11.8 Å². The van der Waals surface area contributed by atoms with Crippen LogP contribution in [0.25, 0.3) is 0 Å². The zero-order valence-electron chi connectivity index (χ0n) is 15.0. The van der Waals surface area contributed by atoms with Crippen LogP contribution in [-0.4, -0.2) is 16.8 Å². The molecule has 1 heterocycles. The molecule has 0 spiro atoms. The molecule has 0 aliphatic rings. The van der Waals surface area contributed by atoms with E-state index < -0.39 is 0 Å². The van der Waals surface area contributed by atoms with Gasteiger partial charge in [0.2, 0.25) is 0 Å². The monoisotopic (exact) mass is 397 g/mol. The molecule has 7 heteroatoms. The van der Waals surface area contributed by atoms with Crippen molar-refractivity contribution in [1.29, 1.82) is 0 Å². The van der Waals surface area contributed by atoms with Gasteiger partial charge in [0.15, 0.2) is 0 Å². The van der Waals surface area contributed by atoms with E-state index in [1.54, 1.807) is 47.4 Å². The first-order chi connectivity index (χ1) is 13.0. The number of aryl methyl sites for hydroxylation is 2. The van der Waals surface area contributed by atoms with Crippen LogP contribution in [0, 0.1) is 13.8 Å². The van der Waals surface area contributed by atoms with Crippen LogP contribution in [0.15, 0.2) is 58.3 Å². The van der Waals surface area contributed by atoms with Crippen molar-refractivity contribution in [3.8, 4) is 0 Å². The second-order valence-electron chi connectivity index (χ2n) is 5.96. The lowest BCUT2D eigenvalue weighted by Gasteiger charge is -2.09. The van der Waals surface area contributed by atoms with E-state index in [2.05, 4.69) is 15.8 Å². The molecule has 138 valence electrons. The molecule has 2 aromatic carbocycles. The van der Waals surface area contributed by atoms with Gasteiger partial charge in [0, 0.05) is 28.0 Å². The van der Waals surface area contributed by atoms with Crippen LogP contribution in [0.2, 0.25) is 0 Å². The van der Waals surface area contributed by atoms with Crippen LogP contribution in [0.5, 0.6) is 0 Å². The number of carbonyl (C=O) groups excluding carboxylic acids is 2. The third-order valence-electron chi connectivity index (χ3n) is 3.86. The smallest absolute Gasteiger partial charge is 0.267 e. The Labute approximate surface area is 166 Å². The standard InChI is InChI=1S/C20H19N3O2S2/c1-13-5-3-4-6-17(13)19(25)23-22-18(24)16-9-7-15(8-10-16)12-27-20-21-14(2)11-26-20/h3-11H,12H2,1-2H3,(H,22,24)(H,23,25). The average Bonchev–Trinajstić information content (AvgIpc) is 3.10. The number of hydrogen-bond acceptors (Lipinski definition) is 5. The molecule has 2 N–H and O–H groups in total. The zero-order valence-corrected chi connectivity index (χ0v) is 16.6. The number of amides is 2. The van der Waals surface area contributed by atoms with E-state index in [0.29, 0.717) is 11.1 Å². The summed E-state index contributed by atoms with van der Waals surface area (Å²) in [5, 5.41) is 2.03. The van der Waals surface area contributed by atoms with E-state index in [4.69, 9.17) is 0 Å². The number of thioether (sulfide) groups is 1. The van der Waals surface area contributed by atoms with E-state index in [-0.39, 0.29) is 11.8 Å². The maximum Gasteiger partial charge on any atom is 0.269 e. The minimum atomic E-state index is -0.355. The van der Waals surface area contributed by atoms with E-state index in [0.717, 1.165) is 26.9 Å². The minimum absolute atomic E-state index is 0.340. The SMILES string of the molecule is Cc1csc(SCc2ccc(C(=O)NNC(=O)c3ccccc3C)cc2)n1. The number of benzene rings is 2. The van der Waals surface area contributed by atoms with Gasteiger partial charge in [-0.3, -0.25) is 20.4 Å². The molecule has 0 radical (unpaired) electrons. The Hall–Kier alpha value is -2.64. The average molecular weight is 398 g/mol. The number of rotatable bonds is 5. The normalized spacial score (nSPS) is 10.4. The van der Waals surface area contributed by atoms with Gasteiger partial charge >= 0.3 is 0 Å². The van der Waals surface area contributed by atoms with Gasteiger partial charge in [-0.15, -0.1) is 11.3 Å². The Morgan fingerprint density at radius 2 is 1.70 bits per heavy atom. The molecule has 3 rings (SSSR count). The highest BCUT2D eigenvalue weighted by Crippen LogP contribution is 2.26. The Balaban J connectivity index is 1.52. The van der Waals surface area contributed by atoms with Crippen molar-refractivity contribution in [2.75, 3.05) is 0 Å². The predicted octanol–water partition coefficient (Wildman–Crippen LogP) is 4.13. The molecular formula is C20H19N3O2S2. The number of carbonyl (C=O) groups is 2. The maximum absolute atomic E-state index is 12.2. The maximum atomic E-state index is 12.2. The molecule has 0 aliphatic carbocycles. The fraction of sp³-hybridized carbons (Fsp3) is 0.150. The molecule has 2 amide bonds. The molecule has 0 unspecified atom stereocenters. The first-order valence-corrected chi connectivity index (χ1v) is 10.2. The van der Waals surface area contributed by atoms with Crippen LogP contribution < -0.4 is 10.9 Å². The molecule has 0 atom stereocenters. The number of nitrogens with zero attached hydrogens (tertiary/aromatic N) is 1. The van der Waals surface area contributed by atoms with Gasteiger partial charge in [0.1, 0.15) is 4.34 Å². The molecule has 5 nitrogen and oxygen atoms in total. The molecular weight excluding hydrogens is 378 g/mol. The van der Waals surface area contributed by atoms with Crippen LogP contribution >= 0.6 is 23.1 Å². The summed E-state index contributed by atoms with van der Waals surface area (Å²) in [6.45, 7) is 3.83. The molecule has 0 aliphatic heterocycles. The predicted molar refractivity (Wildman–Crippen MR) is 109 cm³/mol. The fourth-order valence-corrected chi connectivity index (χ4v) is 4.18. The number of aromatic nitrogens is 1. The Kier molecular flexibility index (Phi) is 6.26. The summed E-state index contributed by atoms with van der Waals surface area (Å²) in [5.74, 6) is 0.0960. The molecule has 0 fully saturated rings. The van der Waals surface area contributed by atoms with Crippen molar-refractivity contribution < 1.29 is 9.59 Å². The summed E-state index contributed by atoms with van der Waals surface area (Å²) < 4.78 is 1.04. The van der Waals surface area contributed by atoms with Crippen molar-refractivity contribution in [2.45, 2.75) is 23.9 Å². The van der Waals surface area contributed by atoms with Crippen LogP contribution in [0.3, 0.4) is 0 Å². The molecule has 0 saturated heterocycles. The first kappa shape index (κ1) is 19.1. The summed E-state index contributed by atoms with van der Waals surface area (Å²) in [7, 11) is 0. The zero-order chi connectivity index (χ0) is 19.2. The van der Waals surface area contributed by atoms with Gasteiger partial charge in [-0.2, -0.15) is 0 Å². The van der Waals surface area contributed by atoms with Crippen LogP contribution in [-0.2, 0) is 5.75 Å². The van der Waals surface area contributed by atoms with Gasteiger partial charge in [0.05, 0.1) is 0 Å². The van der Waals surface area contributed by atoms with Gasteiger partial charge in [-0.25, -0.2) is 4.98 Å². The Bertz CT molecular complexity index is 952. The van der Waals surface area contributed by atoms with Crippen molar-refractivity contribution in [2.24, 2.45) is 0 Å². The highest BCUT2D eigenvalue weighted by Gasteiger charge is 2.11.